The van der Waals surface area contributed by atoms with Crippen molar-refractivity contribution < 1.29 is 9.59 Å². The molecule has 5 heteroatoms. The van der Waals surface area contributed by atoms with Crippen LogP contribution in [0.1, 0.15) is 50.6 Å². The quantitative estimate of drug-likeness (QED) is 0.137. The van der Waals surface area contributed by atoms with Crippen LogP contribution in [-0.2, 0) is 5.41 Å². The first kappa shape index (κ1) is 29.3. The highest BCUT2D eigenvalue weighted by atomic mass is 32.1. The van der Waals surface area contributed by atoms with Gasteiger partial charge in [0.15, 0.2) is 11.6 Å². The zero-order valence-electron chi connectivity index (χ0n) is 27.4. The van der Waals surface area contributed by atoms with Crippen LogP contribution in [0.15, 0.2) is 139 Å². The van der Waals surface area contributed by atoms with Crippen molar-refractivity contribution in [2.75, 3.05) is 4.90 Å². The van der Waals surface area contributed by atoms with Crippen LogP contribution in [-0.4, -0.2) is 11.6 Å². The molecule has 8 aromatic rings. The van der Waals surface area contributed by atoms with E-state index in [1.165, 1.54) is 52.5 Å². The number of hydrogen-bond acceptors (Lipinski definition) is 5. The highest BCUT2D eigenvalue weighted by molar-refractivity contribution is 7.30. The lowest BCUT2D eigenvalue weighted by molar-refractivity contribution is 0.0990. The Morgan fingerprint density at radius 1 is 0.600 bits per heavy atom. The Morgan fingerprint density at radius 2 is 1.26 bits per heavy atom. The number of fused-ring (bicyclic) bond motifs is 8. The SMILES string of the molecule is CC1(C)c2cc(N(c3ccc4ccccc4c3)c3cccc4ccccc34)ccc2-c2sc3cc(C=C4C(=O)c5ccccc5C4=O)sc3c21. The van der Waals surface area contributed by atoms with Gasteiger partial charge < -0.3 is 4.90 Å². The molecule has 0 atom stereocenters. The number of allylic oxidation sites excluding steroid dienone is 1. The number of ketones is 2. The number of benzene rings is 6. The minimum absolute atomic E-state index is 0.185. The maximum absolute atomic E-state index is 13.1. The average molecular weight is 680 g/mol. The van der Waals surface area contributed by atoms with Gasteiger partial charge in [0.1, 0.15) is 0 Å². The number of nitrogens with zero attached hydrogens (tertiary/aromatic N) is 1. The van der Waals surface area contributed by atoms with Crippen LogP contribution in [0.5, 0.6) is 0 Å². The van der Waals surface area contributed by atoms with Gasteiger partial charge in [0.25, 0.3) is 0 Å². The van der Waals surface area contributed by atoms with E-state index >= 15 is 0 Å². The van der Waals surface area contributed by atoms with Gasteiger partial charge in [-0.1, -0.05) is 111 Å². The summed E-state index contributed by atoms with van der Waals surface area (Å²) in [6.07, 6.45) is 1.80. The molecule has 0 amide bonds. The van der Waals surface area contributed by atoms with Crippen molar-refractivity contribution in [2.45, 2.75) is 19.3 Å². The van der Waals surface area contributed by atoms with Crippen LogP contribution in [0, 0.1) is 0 Å². The number of carbonyl (C=O) groups is 2. The molecule has 0 unspecified atom stereocenters. The summed E-state index contributed by atoms with van der Waals surface area (Å²) >= 11 is 3.48. The van der Waals surface area contributed by atoms with Crippen LogP contribution in [0.4, 0.5) is 17.1 Å². The molecule has 10 rings (SSSR count). The number of carbonyl (C=O) groups excluding carboxylic acids is 2. The third kappa shape index (κ3) is 4.20. The zero-order chi connectivity index (χ0) is 33.7. The highest BCUT2D eigenvalue weighted by Gasteiger charge is 2.40. The van der Waals surface area contributed by atoms with E-state index in [-0.39, 0.29) is 22.6 Å². The summed E-state index contributed by atoms with van der Waals surface area (Å²) in [5.41, 5.74) is 8.27. The summed E-state index contributed by atoms with van der Waals surface area (Å²) in [5, 5.41) is 4.82. The normalized spacial score (nSPS) is 14.4. The molecule has 50 heavy (non-hydrogen) atoms. The summed E-state index contributed by atoms with van der Waals surface area (Å²) in [6.45, 7) is 4.65. The summed E-state index contributed by atoms with van der Waals surface area (Å²) in [7, 11) is 0. The molecule has 0 saturated heterocycles. The number of rotatable bonds is 4. The molecule has 3 nitrogen and oxygen atoms in total. The van der Waals surface area contributed by atoms with Crippen LogP contribution in [0.25, 0.3) is 47.5 Å². The highest BCUT2D eigenvalue weighted by Crippen LogP contribution is 2.58. The molecule has 0 aliphatic heterocycles. The van der Waals surface area contributed by atoms with Gasteiger partial charge in [0.05, 0.1) is 16.0 Å². The largest absolute Gasteiger partial charge is 0.310 e. The number of Topliss-reactive ketones (excluding diaryl/α,β-unsaturated/α-hetero) is 2. The first-order valence-corrected chi connectivity index (χ1v) is 18.4. The smallest absolute Gasteiger partial charge is 0.197 e. The maximum Gasteiger partial charge on any atom is 0.197 e. The first-order chi connectivity index (χ1) is 24.4. The molecule has 0 spiro atoms. The second kappa shape index (κ2) is 10.7. The van der Waals surface area contributed by atoms with Crippen LogP contribution in [0.2, 0.25) is 0 Å². The Labute approximate surface area is 297 Å². The van der Waals surface area contributed by atoms with Crippen molar-refractivity contribution in [3.63, 3.8) is 0 Å². The lowest BCUT2D eigenvalue weighted by atomic mass is 9.82. The maximum atomic E-state index is 13.1. The molecule has 2 heterocycles. The molecule has 2 aliphatic carbocycles. The molecule has 0 fully saturated rings. The van der Waals surface area contributed by atoms with E-state index in [1.54, 1.807) is 29.5 Å². The number of anilines is 3. The van der Waals surface area contributed by atoms with E-state index in [9.17, 15) is 9.59 Å². The predicted octanol–water partition coefficient (Wildman–Crippen LogP) is 12.5. The van der Waals surface area contributed by atoms with E-state index in [1.807, 2.05) is 23.5 Å². The summed E-state index contributed by atoms with van der Waals surface area (Å²) in [4.78, 5) is 30.9. The van der Waals surface area contributed by atoms with Crippen molar-refractivity contribution in [1.29, 1.82) is 0 Å². The van der Waals surface area contributed by atoms with Crippen molar-refractivity contribution in [2.24, 2.45) is 0 Å². The molecule has 2 aromatic heterocycles. The molecule has 2 aliphatic rings. The van der Waals surface area contributed by atoms with Crippen molar-refractivity contribution >= 4 is 88.3 Å². The van der Waals surface area contributed by atoms with Crippen LogP contribution < -0.4 is 4.90 Å². The molecule has 0 bridgehead atoms. The van der Waals surface area contributed by atoms with E-state index in [0.29, 0.717) is 11.1 Å². The third-order valence-electron chi connectivity index (χ3n) is 10.4. The Balaban J connectivity index is 1.10. The monoisotopic (exact) mass is 679 g/mol. The summed E-state index contributed by atoms with van der Waals surface area (Å²) in [6, 6.07) is 46.6. The van der Waals surface area contributed by atoms with Crippen LogP contribution >= 0.6 is 22.7 Å². The van der Waals surface area contributed by atoms with Gasteiger partial charge >= 0.3 is 0 Å². The first-order valence-electron chi connectivity index (χ1n) is 16.8. The van der Waals surface area contributed by atoms with Gasteiger partial charge in [0.2, 0.25) is 0 Å². The van der Waals surface area contributed by atoms with E-state index < -0.39 is 0 Å². The van der Waals surface area contributed by atoms with E-state index in [4.69, 9.17) is 0 Å². The molecule has 0 radical (unpaired) electrons. The summed E-state index contributed by atoms with van der Waals surface area (Å²) in [5.74, 6) is -0.370. The van der Waals surface area contributed by atoms with Crippen molar-refractivity contribution in [1.82, 2.24) is 0 Å². The molecule has 238 valence electrons. The van der Waals surface area contributed by atoms with E-state index in [0.717, 1.165) is 21.9 Å². The fourth-order valence-corrected chi connectivity index (χ4v) is 10.9. The minimum atomic E-state index is -0.253. The predicted molar refractivity (Wildman–Crippen MR) is 210 cm³/mol. The Hall–Kier alpha value is -5.62. The topological polar surface area (TPSA) is 37.4 Å². The van der Waals surface area contributed by atoms with Gasteiger partial charge in [-0.15, -0.1) is 22.7 Å². The molecular weight excluding hydrogens is 651 g/mol. The fraction of sp³-hybridized carbons (Fsp3) is 0.0667. The van der Waals surface area contributed by atoms with Gasteiger partial charge in [-0.25, -0.2) is 0 Å². The van der Waals surface area contributed by atoms with Gasteiger partial charge in [-0.3, -0.25) is 9.59 Å². The third-order valence-corrected chi connectivity index (χ3v) is 12.8. The van der Waals surface area contributed by atoms with Gasteiger partial charge in [-0.05, 0) is 75.3 Å². The lowest BCUT2D eigenvalue weighted by Crippen LogP contribution is -2.16. The minimum Gasteiger partial charge on any atom is -0.310 e. The Morgan fingerprint density at radius 3 is 2.06 bits per heavy atom. The fourth-order valence-electron chi connectivity index (χ4n) is 7.95. The van der Waals surface area contributed by atoms with Crippen molar-refractivity contribution in [3.8, 4) is 10.4 Å². The zero-order valence-corrected chi connectivity index (χ0v) is 29.0. The molecular formula is C45H29NO2S2. The second-order valence-corrected chi connectivity index (χ2v) is 15.8. The lowest BCUT2D eigenvalue weighted by Gasteiger charge is -2.29. The number of thiophene rings is 2. The summed E-state index contributed by atoms with van der Waals surface area (Å²) < 4.78 is 2.43. The molecule has 0 saturated carbocycles. The van der Waals surface area contributed by atoms with Crippen LogP contribution in [0.3, 0.4) is 0 Å². The molecule has 6 aromatic carbocycles. The second-order valence-electron chi connectivity index (χ2n) is 13.6. The number of hydrogen-bond donors (Lipinski definition) is 0. The van der Waals surface area contributed by atoms with E-state index in [2.05, 4.69) is 128 Å². The Bertz CT molecular complexity index is 2750. The van der Waals surface area contributed by atoms with Crippen molar-refractivity contribution in [3.05, 3.63) is 166 Å². The standard InChI is InChI=1S/C45H29NO2S2/c1-45(2)37-23-30(46(29-19-18-26-10-3-4-12-28(26)22-29)38-17-9-13-27-11-5-6-14-32(27)38)20-21-35(37)43-40(45)44-39(50-43)25-31(49-44)24-36-41(47)33-15-7-8-16-34(33)42(36)48/h3-25H,1-2H3. The molecule has 0 N–H and O–H groups in total. The van der Waals surface area contributed by atoms with Gasteiger partial charge in [-0.2, -0.15) is 0 Å². The average Bonchev–Trinajstić information content (AvgIpc) is 3.83. The van der Waals surface area contributed by atoms with Gasteiger partial charge in [0, 0.05) is 47.8 Å². The Kier molecular flexibility index (Phi) is 6.27.